The number of aliphatic hydroxyl groups excluding tert-OH is 1. The van der Waals surface area contributed by atoms with E-state index in [9.17, 15) is 5.11 Å². The molecule has 0 fully saturated rings. The highest BCUT2D eigenvalue weighted by Crippen LogP contribution is 2.19. The van der Waals surface area contributed by atoms with Crippen LogP contribution in [0.15, 0.2) is 22.7 Å². The molecule has 1 atom stereocenters. The smallest absolute Gasteiger partial charge is 0.0552 e. The van der Waals surface area contributed by atoms with Crippen molar-refractivity contribution >= 4 is 15.9 Å². The Labute approximate surface area is 81.6 Å². The summed E-state index contributed by atoms with van der Waals surface area (Å²) in [5, 5.41) is 9.18. The Bertz CT molecular complexity index is 269. The molecule has 0 bridgehead atoms. The maximum absolute atomic E-state index is 9.18. The minimum absolute atomic E-state index is 0.274. The van der Waals surface area contributed by atoms with E-state index in [2.05, 4.69) is 35.0 Å². The summed E-state index contributed by atoms with van der Waals surface area (Å²) < 4.78 is 1.09. The normalized spacial score (nSPS) is 13.0. The predicted molar refractivity (Wildman–Crippen MR) is 54.3 cm³/mol. The van der Waals surface area contributed by atoms with E-state index in [-0.39, 0.29) is 6.10 Å². The quantitative estimate of drug-likeness (QED) is 0.826. The molecule has 0 aromatic heterocycles. The van der Waals surface area contributed by atoms with Gasteiger partial charge in [0.25, 0.3) is 0 Å². The lowest BCUT2D eigenvalue weighted by Crippen LogP contribution is -2.04. The molecule has 0 heterocycles. The molecule has 66 valence electrons. The Morgan fingerprint density at radius 2 is 2.17 bits per heavy atom. The van der Waals surface area contributed by atoms with Crippen molar-refractivity contribution in [3.63, 3.8) is 0 Å². The third-order valence-corrected chi connectivity index (χ3v) is 2.46. The fourth-order valence-corrected chi connectivity index (χ4v) is 1.79. The van der Waals surface area contributed by atoms with E-state index in [4.69, 9.17) is 0 Å². The van der Waals surface area contributed by atoms with Gasteiger partial charge in [-0.3, -0.25) is 0 Å². The van der Waals surface area contributed by atoms with E-state index < -0.39 is 0 Å². The molecular formula is C10H13BrO. The van der Waals surface area contributed by atoms with Gasteiger partial charge in [0, 0.05) is 4.47 Å². The first kappa shape index (κ1) is 9.75. The van der Waals surface area contributed by atoms with E-state index in [0.29, 0.717) is 6.42 Å². The average molecular weight is 229 g/mol. The van der Waals surface area contributed by atoms with Gasteiger partial charge in [0.2, 0.25) is 0 Å². The Morgan fingerprint density at radius 3 is 2.67 bits per heavy atom. The predicted octanol–water partition coefficient (Wildman–Crippen LogP) is 2.68. The van der Waals surface area contributed by atoms with Crippen LogP contribution in [0.5, 0.6) is 0 Å². The molecule has 0 aliphatic heterocycles. The lowest BCUT2D eigenvalue weighted by molar-refractivity contribution is 0.195. The molecule has 0 spiro atoms. The first-order chi connectivity index (χ1) is 5.59. The van der Waals surface area contributed by atoms with Crippen LogP contribution in [0.2, 0.25) is 0 Å². The Kier molecular flexibility index (Phi) is 3.29. The number of halogens is 1. The van der Waals surface area contributed by atoms with Crippen LogP contribution in [-0.4, -0.2) is 11.2 Å². The summed E-state index contributed by atoms with van der Waals surface area (Å²) in [5.41, 5.74) is 2.40. The summed E-state index contributed by atoms with van der Waals surface area (Å²) in [4.78, 5) is 0. The number of benzene rings is 1. The van der Waals surface area contributed by atoms with Crippen LogP contribution >= 0.6 is 15.9 Å². The second kappa shape index (κ2) is 4.06. The highest BCUT2D eigenvalue weighted by molar-refractivity contribution is 9.10. The largest absolute Gasteiger partial charge is 0.393 e. The molecule has 0 unspecified atom stereocenters. The molecule has 1 aromatic carbocycles. The molecule has 2 heteroatoms. The zero-order chi connectivity index (χ0) is 9.14. The highest BCUT2D eigenvalue weighted by Gasteiger charge is 2.02. The molecule has 12 heavy (non-hydrogen) atoms. The number of rotatable bonds is 2. The summed E-state index contributed by atoms with van der Waals surface area (Å²) in [6.07, 6.45) is 0.435. The zero-order valence-electron chi connectivity index (χ0n) is 7.34. The molecule has 0 radical (unpaired) electrons. The Hall–Kier alpha value is -0.340. The van der Waals surface area contributed by atoms with E-state index in [1.54, 1.807) is 6.92 Å². The number of aliphatic hydroxyl groups is 1. The van der Waals surface area contributed by atoms with Crippen molar-refractivity contribution in [1.29, 1.82) is 0 Å². The maximum atomic E-state index is 9.18. The van der Waals surface area contributed by atoms with Crippen molar-refractivity contribution in [3.05, 3.63) is 33.8 Å². The Balaban J connectivity index is 2.86. The molecule has 1 nitrogen and oxygen atoms in total. The van der Waals surface area contributed by atoms with E-state index >= 15 is 0 Å². The van der Waals surface area contributed by atoms with Crippen LogP contribution in [0, 0.1) is 6.92 Å². The topological polar surface area (TPSA) is 20.2 Å². The SMILES string of the molecule is Cc1ccc(C[C@@H](C)O)c(Br)c1. The zero-order valence-corrected chi connectivity index (χ0v) is 8.93. The van der Waals surface area contributed by atoms with Gasteiger partial charge in [0.15, 0.2) is 0 Å². The monoisotopic (exact) mass is 228 g/mol. The molecule has 0 saturated carbocycles. The van der Waals surface area contributed by atoms with Crippen molar-refractivity contribution in [2.24, 2.45) is 0 Å². The summed E-state index contributed by atoms with van der Waals surface area (Å²) in [7, 11) is 0. The van der Waals surface area contributed by atoms with Gasteiger partial charge in [0.05, 0.1) is 6.10 Å². The fraction of sp³-hybridized carbons (Fsp3) is 0.400. The number of hydrogen-bond acceptors (Lipinski definition) is 1. The third-order valence-electron chi connectivity index (χ3n) is 1.72. The van der Waals surface area contributed by atoms with Gasteiger partial charge in [-0.1, -0.05) is 28.1 Å². The van der Waals surface area contributed by atoms with Gasteiger partial charge >= 0.3 is 0 Å². The van der Waals surface area contributed by atoms with Crippen LogP contribution in [-0.2, 0) is 6.42 Å². The minimum Gasteiger partial charge on any atom is -0.393 e. The van der Waals surface area contributed by atoms with Crippen LogP contribution in [0.3, 0.4) is 0 Å². The standard InChI is InChI=1S/C10H13BrO/c1-7-3-4-9(6-8(2)12)10(11)5-7/h3-5,8,12H,6H2,1-2H3/t8-/m1/s1. The molecular weight excluding hydrogens is 216 g/mol. The van der Waals surface area contributed by atoms with Crippen LogP contribution < -0.4 is 0 Å². The van der Waals surface area contributed by atoms with Gasteiger partial charge < -0.3 is 5.11 Å². The van der Waals surface area contributed by atoms with Crippen molar-refractivity contribution in [1.82, 2.24) is 0 Å². The second-order valence-electron chi connectivity index (χ2n) is 3.15. The van der Waals surface area contributed by atoms with E-state index in [1.807, 2.05) is 6.07 Å². The number of aryl methyl sites for hydroxylation is 1. The van der Waals surface area contributed by atoms with Crippen LogP contribution in [0.4, 0.5) is 0 Å². The van der Waals surface area contributed by atoms with Gasteiger partial charge in [0.1, 0.15) is 0 Å². The van der Waals surface area contributed by atoms with Gasteiger partial charge in [-0.2, -0.15) is 0 Å². The van der Waals surface area contributed by atoms with Crippen molar-refractivity contribution in [3.8, 4) is 0 Å². The fourth-order valence-electron chi connectivity index (χ4n) is 1.14. The van der Waals surface area contributed by atoms with E-state index in [0.717, 1.165) is 10.0 Å². The molecule has 1 aromatic rings. The lowest BCUT2D eigenvalue weighted by Gasteiger charge is -2.07. The summed E-state index contributed by atoms with van der Waals surface area (Å²) >= 11 is 3.46. The number of hydrogen-bond donors (Lipinski definition) is 1. The molecule has 0 aliphatic carbocycles. The van der Waals surface area contributed by atoms with Gasteiger partial charge in [-0.25, -0.2) is 0 Å². The van der Waals surface area contributed by atoms with Crippen molar-refractivity contribution < 1.29 is 5.11 Å². The molecule has 0 amide bonds. The lowest BCUT2D eigenvalue weighted by atomic mass is 10.1. The first-order valence-electron chi connectivity index (χ1n) is 4.02. The third kappa shape index (κ3) is 2.61. The second-order valence-corrected chi connectivity index (χ2v) is 4.00. The minimum atomic E-state index is -0.274. The molecule has 1 rings (SSSR count). The highest BCUT2D eigenvalue weighted by atomic mass is 79.9. The average Bonchev–Trinajstić information content (AvgIpc) is 1.94. The Morgan fingerprint density at radius 1 is 1.50 bits per heavy atom. The van der Waals surface area contributed by atoms with E-state index in [1.165, 1.54) is 5.56 Å². The van der Waals surface area contributed by atoms with Gasteiger partial charge in [-0.15, -0.1) is 0 Å². The van der Waals surface area contributed by atoms with Crippen LogP contribution in [0.25, 0.3) is 0 Å². The summed E-state index contributed by atoms with van der Waals surface area (Å²) in [6, 6.07) is 6.17. The van der Waals surface area contributed by atoms with Crippen molar-refractivity contribution in [2.45, 2.75) is 26.4 Å². The molecule has 0 saturated heterocycles. The summed E-state index contributed by atoms with van der Waals surface area (Å²) in [6.45, 7) is 3.85. The van der Waals surface area contributed by atoms with Crippen molar-refractivity contribution in [2.75, 3.05) is 0 Å². The molecule has 0 aliphatic rings. The molecule has 1 N–H and O–H groups in total. The van der Waals surface area contributed by atoms with Gasteiger partial charge in [-0.05, 0) is 37.5 Å². The first-order valence-corrected chi connectivity index (χ1v) is 4.82. The van der Waals surface area contributed by atoms with Crippen LogP contribution in [0.1, 0.15) is 18.1 Å². The summed E-state index contributed by atoms with van der Waals surface area (Å²) in [5.74, 6) is 0. The maximum Gasteiger partial charge on any atom is 0.0552 e.